The van der Waals surface area contributed by atoms with Crippen molar-refractivity contribution in [1.82, 2.24) is 0 Å². The fourth-order valence-electron chi connectivity index (χ4n) is 1.36. The topological polar surface area (TPSA) is 26.0 Å². The molecule has 0 amide bonds. The molecule has 1 aromatic rings. The van der Waals surface area contributed by atoms with Gasteiger partial charge in [0.1, 0.15) is 0 Å². The molecule has 0 bridgehead atoms. The summed E-state index contributed by atoms with van der Waals surface area (Å²) in [6.45, 7) is 5.84. The van der Waals surface area contributed by atoms with Crippen molar-refractivity contribution in [3.8, 4) is 0 Å². The van der Waals surface area contributed by atoms with Gasteiger partial charge in [-0.25, -0.2) is 0 Å². The lowest BCUT2D eigenvalue weighted by Gasteiger charge is -2.13. The molecule has 2 N–H and O–H groups in total. The van der Waals surface area contributed by atoms with E-state index in [1.807, 2.05) is 19.1 Å². The Morgan fingerprint density at radius 2 is 2.13 bits per heavy atom. The molecule has 0 aliphatic carbocycles. The van der Waals surface area contributed by atoms with Gasteiger partial charge >= 0.3 is 0 Å². The number of rotatable bonds is 4. The third-order valence-electron chi connectivity index (χ3n) is 2.24. The number of halogens is 2. The first-order valence-electron chi connectivity index (χ1n) is 4.85. The van der Waals surface area contributed by atoms with Crippen molar-refractivity contribution < 1.29 is 0 Å². The Morgan fingerprint density at radius 3 is 2.67 bits per heavy atom. The Bertz CT molecular complexity index is 361. The fraction of sp³-hybridized carbons (Fsp3) is 0.333. The largest absolute Gasteiger partial charge is 0.324 e. The van der Waals surface area contributed by atoms with Crippen molar-refractivity contribution in [1.29, 1.82) is 0 Å². The molecule has 82 valence electrons. The van der Waals surface area contributed by atoms with Gasteiger partial charge in [0.05, 0.1) is 0 Å². The van der Waals surface area contributed by atoms with Crippen LogP contribution in [0, 0.1) is 0 Å². The van der Waals surface area contributed by atoms with Crippen LogP contribution in [0.4, 0.5) is 0 Å². The van der Waals surface area contributed by atoms with Crippen molar-refractivity contribution in [2.24, 2.45) is 5.73 Å². The minimum atomic E-state index is -0.0496. The van der Waals surface area contributed by atoms with Crippen molar-refractivity contribution >= 4 is 23.2 Å². The smallest absolute Gasteiger partial charge is 0.0468 e. The normalized spacial score (nSPS) is 12.5. The van der Waals surface area contributed by atoms with Gasteiger partial charge in [0.25, 0.3) is 0 Å². The third-order valence-corrected chi connectivity index (χ3v) is 2.81. The van der Waals surface area contributed by atoms with Crippen LogP contribution in [0.15, 0.2) is 30.4 Å². The maximum absolute atomic E-state index is 6.05. The van der Waals surface area contributed by atoms with Crippen molar-refractivity contribution in [2.45, 2.75) is 25.8 Å². The average Bonchev–Trinajstić information content (AvgIpc) is 2.14. The van der Waals surface area contributed by atoms with Gasteiger partial charge in [-0.15, -0.1) is 6.58 Å². The summed E-state index contributed by atoms with van der Waals surface area (Å²) in [5, 5.41) is 1.27. The number of allylic oxidation sites excluding steroid dienone is 1. The summed E-state index contributed by atoms with van der Waals surface area (Å²) in [6.07, 6.45) is 1.77. The van der Waals surface area contributed by atoms with E-state index in [0.29, 0.717) is 10.0 Å². The van der Waals surface area contributed by atoms with Crippen LogP contribution in [-0.4, -0.2) is 0 Å². The summed E-state index contributed by atoms with van der Waals surface area (Å²) in [6, 6.07) is 5.36. The zero-order chi connectivity index (χ0) is 11.4. The minimum Gasteiger partial charge on any atom is -0.324 e. The van der Waals surface area contributed by atoms with Gasteiger partial charge in [0, 0.05) is 16.1 Å². The molecule has 1 aromatic carbocycles. The summed E-state index contributed by atoms with van der Waals surface area (Å²) in [4.78, 5) is 0. The molecule has 1 nitrogen and oxygen atoms in total. The molecule has 0 saturated heterocycles. The number of hydrogen-bond acceptors (Lipinski definition) is 1. The molecule has 0 aromatic heterocycles. The highest BCUT2D eigenvalue weighted by molar-refractivity contribution is 6.35. The lowest BCUT2D eigenvalue weighted by atomic mass is 10.0. The molecule has 0 heterocycles. The molecule has 0 fully saturated rings. The van der Waals surface area contributed by atoms with Gasteiger partial charge in [-0.05, 0) is 37.5 Å². The molecule has 15 heavy (non-hydrogen) atoms. The predicted octanol–water partition coefficient (Wildman–Crippen LogP) is 4.35. The SMILES string of the molecule is C=C(C)CCC(N)c1ccc(Cl)cc1Cl. The van der Waals surface area contributed by atoms with Crippen LogP contribution in [0.2, 0.25) is 10.0 Å². The van der Waals surface area contributed by atoms with E-state index in [-0.39, 0.29) is 6.04 Å². The summed E-state index contributed by atoms with van der Waals surface area (Å²) in [5.41, 5.74) is 8.11. The highest BCUT2D eigenvalue weighted by Crippen LogP contribution is 2.27. The molecule has 0 spiro atoms. The monoisotopic (exact) mass is 243 g/mol. The maximum atomic E-state index is 6.05. The molecule has 0 aliphatic heterocycles. The number of nitrogens with two attached hydrogens (primary N) is 1. The summed E-state index contributed by atoms with van der Waals surface area (Å²) >= 11 is 11.9. The first-order chi connectivity index (χ1) is 7.00. The number of hydrogen-bond donors (Lipinski definition) is 1. The van der Waals surface area contributed by atoms with E-state index in [4.69, 9.17) is 28.9 Å². The van der Waals surface area contributed by atoms with E-state index in [0.717, 1.165) is 24.0 Å². The highest BCUT2D eigenvalue weighted by Gasteiger charge is 2.10. The molecule has 0 aliphatic rings. The van der Waals surface area contributed by atoms with Crippen LogP contribution in [-0.2, 0) is 0 Å². The lowest BCUT2D eigenvalue weighted by Crippen LogP contribution is -2.10. The third kappa shape index (κ3) is 3.86. The summed E-state index contributed by atoms with van der Waals surface area (Å²) in [7, 11) is 0. The van der Waals surface area contributed by atoms with E-state index < -0.39 is 0 Å². The summed E-state index contributed by atoms with van der Waals surface area (Å²) < 4.78 is 0. The van der Waals surface area contributed by atoms with Gasteiger partial charge < -0.3 is 5.73 Å². The van der Waals surface area contributed by atoms with Crippen LogP contribution in [0.5, 0.6) is 0 Å². The quantitative estimate of drug-likeness (QED) is 0.783. The molecule has 1 unspecified atom stereocenters. The highest BCUT2D eigenvalue weighted by atomic mass is 35.5. The predicted molar refractivity (Wildman–Crippen MR) is 67.4 cm³/mol. The van der Waals surface area contributed by atoms with Crippen molar-refractivity contribution in [2.75, 3.05) is 0 Å². The maximum Gasteiger partial charge on any atom is 0.0468 e. The van der Waals surface area contributed by atoms with E-state index in [1.165, 1.54) is 0 Å². The second-order valence-corrected chi connectivity index (χ2v) is 4.61. The van der Waals surface area contributed by atoms with Gasteiger partial charge in [0.2, 0.25) is 0 Å². The Labute approximate surface area is 101 Å². The zero-order valence-electron chi connectivity index (χ0n) is 8.76. The molecule has 1 rings (SSSR count). The van der Waals surface area contributed by atoms with Gasteiger partial charge in [-0.2, -0.15) is 0 Å². The zero-order valence-corrected chi connectivity index (χ0v) is 10.3. The molecular weight excluding hydrogens is 229 g/mol. The Kier molecular flexibility index (Phi) is 4.65. The standard InChI is InChI=1S/C12H15Cl2N/c1-8(2)3-6-12(15)10-5-4-9(13)7-11(10)14/h4-5,7,12H,1,3,6,15H2,2H3. The van der Waals surface area contributed by atoms with Gasteiger partial charge in [0.15, 0.2) is 0 Å². The van der Waals surface area contributed by atoms with Crippen molar-refractivity contribution in [3.05, 3.63) is 46.0 Å². The molecule has 0 radical (unpaired) electrons. The van der Waals surface area contributed by atoms with Crippen LogP contribution >= 0.6 is 23.2 Å². The van der Waals surface area contributed by atoms with E-state index >= 15 is 0 Å². The Morgan fingerprint density at radius 1 is 1.47 bits per heavy atom. The molecular formula is C12H15Cl2N. The van der Waals surface area contributed by atoms with Crippen LogP contribution in [0.25, 0.3) is 0 Å². The Balaban J connectivity index is 2.73. The molecule has 3 heteroatoms. The first kappa shape index (κ1) is 12.6. The van der Waals surface area contributed by atoms with E-state index in [1.54, 1.807) is 6.07 Å². The second kappa shape index (κ2) is 5.55. The van der Waals surface area contributed by atoms with Crippen LogP contribution in [0.3, 0.4) is 0 Å². The Hall–Kier alpha value is -0.500. The fourth-order valence-corrected chi connectivity index (χ4v) is 1.91. The van der Waals surface area contributed by atoms with Gasteiger partial charge in [-0.3, -0.25) is 0 Å². The van der Waals surface area contributed by atoms with E-state index in [9.17, 15) is 0 Å². The van der Waals surface area contributed by atoms with Crippen LogP contribution in [0.1, 0.15) is 31.4 Å². The average molecular weight is 244 g/mol. The summed E-state index contributed by atoms with van der Waals surface area (Å²) in [5.74, 6) is 0. The van der Waals surface area contributed by atoms with Gasteiger partial charge in [-0.1, -0.05) is 34.8 Å². The van der Waals surface area contributed by atoms with Crippen LogP contribution < -0.4 is 5.73 Å². The second-order valence-electron chi connectivity index (χ2n) is 3.77. The number of benzene rings is 1. The molecule has 1 atom stereocenters. The molecule has 0 saturated carbocycles. The lowest BCUT2D eigenvalue weighted by molar-refractivity contribution is 0.649. The first-order valence-corrected chi connectivity index (χ1v) is 5.61. The minimum absolute atomic E-state index is 0.0496. The van der Waals surface area contributed by atoms with Crippen molar-refractivity contribution in [3.63, 3.8) is 0 Å². The van der Waals surface area contributed by atoms with E-state index in [2.05, 4.69) is 6.58 Å².